The Morgan fingerprint density at radius 2 is 0.714 bits per heavy atom. The fourth-order valence-electron chi connectivity index (χ4n) is 9.07. The van der Waals surface area contributed by atoms with Crippen molar-refractivity contribution in [2.75, 3.05) is 18.1 Å². The highest BCUT2D eigenvalue weighted by molar-refractivity contribution is 6.01. The highest BCUT2D eigenvalue weighted by Gasteiger charge is 2.18. The zero-order chi connectivity index (χ0) is 48.6. The van der Waals surface area contributed by atoms with E-state index in [1.165, 1.54) is 0 Å². The molecule has 0 amide bonds. The molecule has 9 aromatic rings. The van der Waals surface area contributed by atoms with Gasteiger partial charge in [-0.1, -0.05) is 131 Å². The van der Waals surface area contributed by atoms with Crippen molar-refractivity contribution < 1.29 is 34.4 Å². The molecule has 0 aromatic heterocycles. The Morgan fingerprint density at radius 1 is 0.371 bits per heavy atom. The summed E-state index contributed by atoms with van der Waals surface area (Å²) in [6.07, 6.45) is 7.94. The fraction of sp³-hybridized carbons (Fsp3) is 0.194. The second-order valence-electron chi connectivity index (χ2n) is 18.0. The minimum absolute atomic E-state index is 0.0953. The number of benzene rings is 9. The van der Waals surface area contributed by atoms with E-state index in [2.05, 4.69) is 104 Å². The van der Waals surface area contributed by atoms with Gasteiger partial charge in [-0.2, -0.15) is 0 Å². The molecule has 0 fully saturated rings. The number of rotatable bonds is 18. The first kappa shape index (κ1) is 47.0. The van der Waals surface area contributed by atoms with Crippen LogP contribution in [0.2, 0.25) is 0 Å². The minimum atomic E-state index is -0.524. The van der Waals surface area contributed by atoms with Gasteiger partial charge in [0, 0.05) is 17.1 Å². The molecule has 0 saturated carbocycles. The normalized spacial score (nSPS) is 11.3. The van der Waals surface area contributed by atoms with Crippen molar-refractivity contribution in [3.63, 3.8) is 0 Å². The van der Waals surface area contributed by atoms with Crippen LogP contribution in [0.15, 0.2) is 170 Å². The van der Waals surface area contributed by atoms with Crippen LogP contribution in [0.1, 0.15) is 85.9 Å². The van der Waals surface area contributed by atoms with Crippen LogP contribution in [-0.2, 0) is 9.47 Å². The van der Waals surface area contributed by atoms with Gasteiger partial charge in [0.25, 0.3) is 0 Å². The second-order valence-corrected chi connectivity index (χ2v) is 18.0. The van der Waals surface area contributed by atoms with Gasteiger partial charge < -0.3 is 29.7 Å². The maximum atomic E-state index is 13.0. The van der Waals surface area contributed by atoms with E-state index in [1.807, 2.05) is 48.5 Å². The van der Waals surface area contributed by atoms with E-state index >= 15 is 0 Å². The van der Waals surface area contributed by atoms with Gasteiger partial charge in [0.2, 0.25) is 0 Å². The van der Waals surface area contributed by atoms with E-state index in [-0.39, 0.29) is 28.4 Å². The Hall–Kier alpha value is -8.10. The van der Waals surface area contributed by atoms with Crippen LogP contribution >= 0.6 is 0 Å². The number of phenols is 3. The second kappa shape index (κ2) is 21.5. The summed E-state index contributed by atoms with van der Waals surface area (Å²) in [7, 11) is 0. The highest BCUT2D eigenvalue weighted by Crippen LogP contribution is 2.39. The number of fused-ring (bicyclic) bond motifs is 3. The van der Waals surface area contributed by atoms with E-state index in [9.17, 15) is 24.9 Å². The van der Waals surface area contributed by atoms with Crippen molar-refractivity contribution in [1.29, 1.82) is 0 Å². The highest BCUT2D eigenvalue weighted by atomic mass is 16.5. The summed E-state index contributed by atoms with van der Waals surface area (Å²) in [4.78, 5) is 28.2. The third kappa shape index (κ3) is 10.6. The predicted octanol–water partition coefficient (Wildman–Crippen LogP) is 16.2. The van der Waals surface area contributed by atoms with E-state index in [0.717, 1.165) is 134 Å². The van der Waals surface area contributed by atoms with Gasteiger partial charge in [0.05, 0.1) is 13.2 Å². The number of anilines is 3. The minimum Gasteiger partial charge on any atom is -0.508 e. The zero-order valence-corrected chi connectivity index (χ0v) is 39.7. The van der Waals surface area contributed by atoms with Crippen molar-refractivity contribution in [3.05, 3.63) is 181 Å². The summed E-state index contributed by atoms with van der Waals surface area (Å²) >= 11 is 0. The monoisotopic (exact) mass is 927 g/mol. The number of aromatic hydroxyl groups is 3. The van der Waals surface area contributed by atoms with E-state index in [0.29, 0.717) is 13.2 Å². The lowest BCUT2D eigenvalue weighted by Crippen LogP contribution is -2.09. The standard InChI is InChI=1S/C62H57NO7/c1-3-5-7-9-31-69-61(67)57-37-51-34-45(12-15-49(51)39-59(57)65)42-19-26-54(27-20-42)63(53-24-17-41(18-25-53)44-11-14-48-36-56(64)30-23-47(48)33-44)55-28-21-43(22-29-55)46-13-16-50-40-60(66)58(38-52(50)35-46)62(68)70-32-10-8-6-4-2/h11-30,33-40,64-66H,3-10,31-32H2,1-2H3. The first-order chi connectivity index (χ1) is 34.1. The number of hydrogen-bond donors (Lipinski definition) is 3. The molecule has 0 radical (unpaired) electrons. The molecule has 8 nitrogen and oxygen atoms in total. The summed E-state index contributed by atoms with van der Waals surface area (Å²) < 4.78 is 11.0. The number of unbranched alkanes of at least 4 members (excludes halogenated alkanes) is 6. The molecule has 0 saturated heterocycles. The molecule has 0 atom stereocenters. The van der Waals surface area contributed by atoms with Crippen LogP contribution in [0, 0.1) is 0 Å². The predicted molar refractivity (Wildman–Crippen MR) is 284 cm³/mol. The summed E-state index contributed by atoms with van der Waals surface area (Å²) in [5, 5.41) is 36.8. The number of nitrogens with zero attached hydrogens (tertiary/aromatic N) is 1. The molecule has 9 aromatic carbocycles. The van der Waals surface area contributed by atoms with E-state index < -0.39 is 11.9 Å². The van der Waals surface area contributed by atoms with Crippen LogP contribution in [0.5, 0.6) is 17.2 Å². The van der Waals surface area contributed by atoms with Crippen molar-refractivity contribution in [3.8, 4) is 50.6 Å². The Kier molecular flexibility index (Phi) is 14.4. The largest absolute Gasteiger partial charge is 0.508 e. The molecule has 352 valence electrons. The van der Waals surface area contributed by atoms with Crippen LogP contribution in [-0.4, -0.2) is 40.5 Å². The number of carbonyl (C=O) groups is 2. The molecule has 0 heterocycles. The SMILES string of the molecule is CCCCCCOC(=O)c1cc2cc(-c3ccc(N(c4ccc(-c5ccc6cc(O)ccc6c5)cc4)c4ccc(-c5ccc6cc(O)c(C(=O)OCCCCCC)cc6c5)cc4)cc3)ccc2cc1O. The van der Waals surface area contributed by atoms with Gasteiger partial charge in [-0.15, -0.1) is 0 Å². The zero-order valence-electron chi connectivity index (χ0n) is 39.7. The Morgan fingerprint density at radius 3 is 1.11 bits per heavy atom. The van der Waals surface area contributed by atoms with Gasteiger partial charge in [-0.3, -0.25) is 0 Å². The average Bonchev–Trinajstić information content (AvgIpc) is 3.38. The third-order valence-corrected chi connectivity index (χ3v) is 13.0. The first-order valence-corrected chi connectivity index (χ1v) is 24.4. The lowest BCUT2D eigenvalue weighted by molar-refractivity contribution is 0.0485. The molecule has 0 aliphatic rings. The van der Waals surface area contributed by atoms with Crippen molar-refractivity contribution in [2.24, 2.45) is 0 Å². The van der Waals surface area contributed by atoms with Crippen LogP contribution in [0.4, 0.5) is 17.1 Å². The fourth-order valence-corrected chi connectivity index (χ4v) is 9.07. The van der Waals surface area contributed by atoms with Gasteiger partial charge in [0.1, 0.15) is 28.4 Å². The Balaban J connectivity index is 1.01. The maximum absolute atomic E-state index is 13.0. The van der Waals surface area contributed by atoms with Gasteiger partial charge in [0.15, 0.2) is 0 Å². The lowest BCUT2D eigenvalue weighted by Gasteiger charge is -2.26. The molecule has 70 heavy (non-hydrogen) atoms. The van der Waals surface area contributed by atoms with Gasteiger partial charge in [-0.25, -0.2) is 9.59 Å². The molecular weight excluding hydrogens is 871 g/mol. The molecule has 0 bridgehead atoms. The number of carbonyl (C=O) groups excluding carboxylic acids is 2. The van der Waals surface area contributed by atoms with Gasteiger partial charge in [-0.05, 0) is 170 Å². The van der Waals surface area contributed by atoms with Crippen LogP contribution in [0.3, 0.4) is 0 Å². The molecule has 3 N–H and O–H groups in total. The van der Waals surface area contributed by atoms with E-state index in [4.69, 9.17) is 9.47 Å². The van der Waals surface area contributed by atoms with Crippen LogP contribution < -0.4 is 4.90 Å². The summed E-state index contributed by atoms with van der Waals surface area (Å²) in [6.45, 7) is 4.92. The Bertz CT molecular complexity index is 3150. The average molecular weight is 928 g/mol. The van der Waals surface area contributed by atoms with Crippen molar-refractivity contribution >= 4 is 61.3 Å². The molecule has 0 spiro atoms. The number of ether oxygens (including phenoxy) is 2. The lowest BCUT2D eigenvalue weighted by atomic mass is 9.98. The number of phenolic OH excluding ortho intramolecular Hbond substituents is 3. The van der Waals surface area contributed by atoms with Gasteiger partial charge >= 0.3 is 11.9 Å². The third-order valence-electron chi connectivity index (χ3n) is 13.0. The van der Waals surface area contributed by atoms with Crippen LogP contribution in [0.25, 0.3) is 65.7 Å². The molecule has 0 aliphatic carbocycles. The number of hydrogen-bond acceptors (Lipinski definition) is 8. The Labute approximate surface area is 409 Å². The van der Waals surface area contributed by atoms with Crippen molar-refractivity contribution in [1.82, 2.24) is 0 Å². The van der Waals surface area contributed by atoms with E-state index in [1.54, 1.807) is 36.4 Å². The first-order valence-electron chi connectivity index (χ1n) is 24.4. The number of esters is 2. The maximum Gasteiger partial charge on any atom is 0.341 e. The quantitative estimate of drug-likeness (QED) is 0.0575. The summed E-state index contributed by atoms with van der Waals surface area (Å²) in [6, 6.07) is 55.6. The summed E-state index contributed by atoms with van der Waals surface area (Å²) in [5.74, 6) is -0.998. The van der Waals surface area contributed by atoms with Crippen molar-refractivity contribution in [2.45, 2.75) is 65.2 Å². The molecule has 0 aliphatic heterocycles. The molecular formula is C62H57NO7. The molecule has 9 rings (SSSR count). The molecule has 0 unspecified atom stereocenters. The summed E-state index contributed by atoms with van der Waals surface area (Å²) in [5.41, 5.74) is 9.19. The molecule has 8 heteroatoms. The topological polar surface area (TPSA) is 117 Å². The smallest absolute Gasteiger partial charge is 0.341 e.